The topological polar surface area (TPSA) is 29.5 Å². The van der Waals surface area contributed by atoms with Gasteiger partial charge in [-0.3, -0.25) is 0 Å². The van der Waals surface area contributed by atoms with E-state index in [9.17, 15) is 0 Å². The van der Waals surface area contributed by atoms with E-state index in [4.69, 9.17) is 9.53 Å². The largest absolute Gasteiger partial charge is 0.394 e. The highest BCUT2D eigenvalue weighted by atomic mass is 28.4. The molecule has 24 heavy (non-hydrogen) atoms. The molecule has 0 heterocycles. The maximum absolute atomic E-state index is 8.99. The van der Waals surface area contributed by atoms with Crippen molar-refractivity contribution in [1.29, 1.82) is 0 Å². The Morgan fingerprint density at radius 2 is 1.42 bits per heavy atom. The molecule has 126 valence electrons. The average molecular weight is 339 g/mol. The fourth-order valence-electron chi connectivity index (χ4n) is 3.18. The van der Waals surface area contributed by atoms with Crippen molar-refractivity contribution in [3.63, 3.8) is 0 Å². The number of hydrogen-bond donors (Lipinski definition) is 1. The molecule has 0 aliphatic heterocycles. The zero-order chi connectivity index (χ0) is 17.6. The van der Waals surface area contributed by atoms with Crippen LogP contribution in [-0.4, -0.2) is 26.1 Å². The minimum absolute atomic E-state index is 0.0646. The lowest BCUT2D eigenvalue weighted by Gasteiger charge is -2.43. The summed E-state index contributed by atoms with van der Waals surface area (Å²) in [7, 11) is -2.55. The zero-order valence-corrected chi connectivity index (χ0v) is 15.9. The van der Waals surface area contributed by atoms with E-state index in [0.717, 1.165) is 0 Å². The van der Waals surface area contributed by atoms with Gasteiger partial charge in [-0.25, -0.2) is 0 Å². The number of benzene rings is 2. The Bertz CT molecular complexity index is 654. The molecule has 2 nitrogen and oxygen atoms in total. The van der Waals surface area contributed by atoms with E-state index in [1.54, 1.807) is 0 Å². The Hall–Kier alpha value is -1.86. The van der Waals surface area contributed by atoms with Crippen molar-refractivity contribution in [2.45, 2.75) is 38.8 Å². The quantitative estimate of drug-likeness (QED) is 0.686. The van der Waals surface area contributed by atoms with E-state index in [1.165, 1.54) is 10.4 Å². The van der Waals surface area contributed by atoms with Gasteiger partial charge in [0.05, 0.1) is 0 Å². The molecule has 0 aliphatic carbocycles. The fraction of sp³-hybridized carbons (Fsp3) is 0.333. The second-order valence-corrected chi connectivity index (χ2v) is 11.2. The van der Waals surface area contributed by atoms with E-state index in [1.807, 2.05) is 19.1 Å². The van der Waals surface area contributed by atoms with Crippen LogP contribution in [0.3, 0.4) is 0 Å². The Morgan fingerprint density at radius 3 is 1.79 bits per heavy atom. The molecule has 1 N–H and O–H groups in total. The lowest BCUT2D eigenvalue weighted by molar-refractivity contribution is 0.260. The van der Waals surface area contributed by atoms with Crippen molar-refractivity contribution in [2.75, 3.05) is 6.61 Å². The van der Waals surface area contributed by atoms with Crippen LogP contribution in [0.25, 0.3) is 0 Å². The summed E-state index contributed by atoms with van der Waals surface area (Å²) in [6.07, 6.45) is -0.247. The van der Waals surface area contributed by atoms with Gasteiger partial charge in [0, 0.05) is 0 Å². The van der Waals surface area contributed by atoms with Gasteiger partial charge in [0.25, 0.3) is 8.32 Å². The first-order chi connectivity index (χ1) is 11.4. The second kappa shape index (κ2) is 7.81. The molecule has 0 saturated carbocycles. The fourth-order valence-corrected chi connectivity index (χ4v) is 7.78. The van der Waals surface area contributed by atoms with Crippen molar-refractivity contribution in [1.82, 2.24) is 0 Å². The molecule has 0 bridgehead atoms. The van der Waals surface area contributed by atoms with Crippen LogP contribution in [0, 0.1) is 11.8 Å². The maximum atomic E-state index is 8.99. The molecule has 2 rings (SSSR count). The Kier molecular flexibility index (Phi) is 6.01. The molecular formula is C21H26O2Si. The van der Waals surface area contributed by atoms with Gasteiger partial charge in [0.15, 0.2) is 0 Å². The molecule has 1 atom stereocenters. The molecule has 2 aromatic carbocycles. The van der Waals surface area contributed by atoms with Gasteiger partial charge in [0.2, 0.25) is 0 Å². The summed E-state index contributed by atoms with van der Waals surface area (Å²) in [5.41, 5.74) is 0. The van der Waals surface area contributed by atoms with E-state index in [0.29, 0.717) is 0 Å². The van der Waals surface area contributed by atoms with Crippen molar-refractivity contribution >= 4 is 18.7 Å². The second-order valence-electron chi connectivity index (χ2n) is 6.90. The summed E-state index contributed by atoms with van der Waals surface area (Å²) in [6, 6.07) is 21.0. The van der Waals surface area contributed by atoms with Gasteiger partial charge in [-0.1, -0.05) is 93.3 Å². The zero-order valence-electron chi connectivity index (χ0n) is 14.9. The first-order valence-electron chi connectivity index (χ1n) is 8.30. The molecule has 0 fully saturated rings. The van der Waals surface area contributed by atoms with E-state index < -0.39 is 8.32 Å². The Balaban J connectivity index is 2.66. The predicted octanol–water partition coefficient (Wildman–Crippen LogP) is 2.95. The van der Waals surface area contributed by atoms with E-state index in [-0.39, 0.29) is 17.7 Å². The molecule has 2 aromatic rings. The monoisotopic (exact) mass is 338 g/mol. The molecule has 0 saturated heterocycles. The van der Waals surface area contributed by atoms with E-state index in [2.05, 4.69) is 81.1 Å². The smallest absolute Gasteiger partial charge is 0.262 e. The highest BCUT2D eigenvalue weighted by molar-refractivity contribution is 6.99. The molecule has 1 unspecified atom stereocenters. The average Bonchev–Trinajstić information content (AvgIpc) is 2.58. The number of rotatable bonds is 4. The predicted molar refractivity (Wildman–Crippen MR) is 103 cm³/mol. The van der Waals surface area contributed by atoms with Gasteiger partial charge in [0.1, 0.15) is 12.7 Å². The molecule has 3 heteroatoms. The van der Waals surface area contributed by atoms with Crippen LogP contribution in [0.2, 0.25) is 5.04 Å². The van der Waals surface area contributed by atoms with Crippen LogP contribution < -0.4 is 10.4 Å². The molecular weight excluding hydrogens is 312 g/mol. The minimum atomic E-state index is -2.55. The highest BCUT2D eigenvalue weighted by Gasteiger charge is 2.50. The number of hydrogen-bond acceptors (Lipinski definition) is 2. The summed E-state index contributed by atoms with van der Waals surface area (Å²) in [5, 5.41) is 11.4. The van der Waals surface area contributed by atoms with Gasteiger partial charge in [-0.2, -0.15) is 0 Å². The summed E-state index contributed by atoms with van der Waals surface area (Å²) in [5.74, 6) is 5.74. The Labute approximate surface area is 146 Å². The minimum Gasteiger partial charge on any atom is -0.394 e. The maximum Gasteiger partial charge on any atom is 0.262 e. The first kappa shape index (κ1) is 18.5. The Morgan fingerprint density at radius 1 is 0.958 bits per heavy atom. The summed E-state index contributed by atoms with van der Waals surface area (Å²) in [6.45, 7) is 8.54. The summed E-state index contributed by atoms with van der Waals surface area (Å²) >= 11 is 0. The van der Waals surface area contributed by atoms with Crippen molar-refractivity contribution in [2.24, 2.45) is 0 Å². The molecule has 0 aliphatic rings. The third-order valence-corrected chi connectivity index (χ3v) is 9.27. The van der Waals surface area contributed by atoms with E-state index >= 15 is 0 Å². The van der Waals surface area contributed by atoms with Crippen LogP contribution in [0.15, 0.2) is 60.7 Å². The highest BCUT2D eigenvalue weighted by Crippen LogP contribution is 2.37. The number of aliphatic hydroxyl groups is 1. The van der Waals surface area contributed by atoms with Crippen molar-refractivity contribution in [3.05, 3.63) is 60.7 Å². The molecule has 0 amide bonds. The number of aliphatic hydroxyl groups excluding tert-OH is 1. The normalized spacial score (nSPS) is 13.0. The van der Waals surface area contributed by atoms with Crippen molar-refractivity contribution in [3.8, 4) is 11.8 Å². The standard InChI is InChI=1S/C21H26O2Si/c1-18(12-11-17-22)23-24(21(2,3)4,19-13-7-5-8-14-19)20-15-9-6-10-16-20/h5-10,13-16,18,22H,17H2,1-4H3. The van der Waals surface area contributed by atoms with Crippen molar-refractivity contribution < 1.29 is 9.53 Å². The summed E-state index contributed by atoms with van der Waals surface area (Å²) in [4.78, 5) is 0. The first-order valence-corrected chi connectivity index (χ1v) is 10.2. The van der Waals surface area contributed by atoms with Crippen LogP contribution in [0.4, 0.5) is 0 Å². The molecule has 0 aromatic heterocycles. The van der Waals surface area contributed by atoms with Gasteiger partial charge < -0.3 is 9.53 Å². The third kappa shape index (κ3) is 3.79. The van der Waals surface area contributed by atoms with Crippen LogP contribution in [-0.2, 0) is 4.43 Å². The molecule has 0 spiro atoms. The lowest BCUT2D eigenvalue weighted by Crippen LogP contribution is -2.67. The third-order valence-electron chi connectivity index (χ3n) is 4.15. The SMILES string of the molecule is CC(C#CCO)O[Si](c1ccccc1)(c1ccccc1)C(C)(C)C. The van der Waals surface area contributed by atoms with Gasteiger partial charge in [-0.05, 0) is 22.3 Å². The van der Waals surface area contributed by atoms with Gasteiger partial charge in [-0.15, -0.1) is 0 Å². The van der Waals surface area contributed by atoms with Crippen LogP contribution in [0.1, 0.15) is 27.7 Å². The molecule has 0 radical (unpaired) electrons. The lowest BCUT2D eigenvalue weighted by atomic mass is 10.2. The van der Waals surface area contributed by atoms with Gasteiger partial charge >= 0.3 is 0 Å². The summed E-state index contributed by atoms with van der Waals surface area (Å²) < 4.78 is 6.73. The van der Waals surface area contributed by atoms with Crippen LogP contribution in [0.5, 0.6) is 0 Å². The van der Waals surface area contributed by atoms with Crippen LogP contribution >= 0.6 is 0 Å².